The lowest BCUT2D eigenvalue weighted by atomic mass is 9.74. The Bertz CT molecular complexity index is 445. The van der Waals surface area contributed by atoms with Crippen LogP contribution in [0.3, 0.4) is 0 Å². The molecule has 0 spiro atoms. The summed E-state index contributed by atoms with van der Waals surface area (Å²) in [5, 5.41) is 11.1. The van der Waals surface area contributed by atoms with Gasteiger partial charge in [0, 0.05) is 6.07 Å². The first kappa shape index (κ1) is 16.1. The second-order valence-corrected chi connectivity index (χ2v) is 6.11. The van der Waals surface area contributed by atoms with Crippen molar-refractivity contribution in [3.8, 4) is 11.5 Å². The molecule has 1 aromatic rings. The van der Waals surface area contributed by atoms with Gasteiger partial charge in [-0.2, -0.15) is 0 Å². The van der Waals surface area contributed by atoms with Gasteiger partial charge in [0.15, 0.2) is 0 Å². The lowest BCUT2D eigenvalue weighted by molar-refractivity contribution is -0.0337. The summed E-state index contributed by atoms with van der Waals surface area (Å²) in [6.45, 7) is 0. The van der Waals surface area contributed by atoms with Gasteiger partial charge in [-0.25, -0.2) is 0 Å². The van der Waals surface area contributed by atoms with Crippen LogP contribution in [0.5, 0.6) is 11.5 Å². The number of rotatable bonds is 5. The number of methoxy groups -OCH3 is 2. The fraction of sp³-hybridized carbons (Fsp3) is 0.647. The Morgan fingerprint density at radius 3 is 1.95 bits per heavy atom. The molecule has 0 aliphatic heterocycles. The molecule has 1 atom stereocenters. The zero-order chi connectivity index (χ0) is 15.5. The molecule has 2 rings (SSSR count). The van der Waals surface area contributed by atoms with E-state index in [2.05, 4.69) is 19.0 Å². The van der Waals surface area contributed by atoms with E-state index in [0.717, 1.165) is 31.2 Å². The van der Waals surface area contributed by atoms with E-state index in [1.807, 2.05) is 18.2 Å². The van der Waals surface area contributed by atoms with Gasteiger partial charge in [-0.05, 0) is 44.6 Å². The van der Waals surface area contributed by atoms with Crippen LogP contribution < -0.4 is 9.47 Å². The highest BCUT2D eigenvalue weighted by Crippen LogP contribution is 2.43. The highest BCUT2D eigenvalue weighted by molar-refractivity contribution is 5.40. The topological polar surface area (TPSA) is 41.9 Å². The minimum Gasteiger partial charge on any atom is -0.497 e. The Kier molecular flexibility index (Phi) is 5.12. The molecule has 1 aromatic carbocycles. The Hall–Kier alpha value is -1.26. The first-order chi connectivity index (χ1) is 10.0. The van der Waals surface area contributed by atoms with Crippen molar-refractivity contribution in [3.63, 3.8) is 0 Å². The molecular weight excluding hydrogens is 266 g/mol. The van der Waals surface area contributed by atoms with Crippen molar-refractivity contribution >= 4 is 0 Å². The fourth-order valence-electron chi connectivity index (χ4n) is 3.43. The lowest BCUT2D eigenvalue weighted by Gasteiger charge is -2.46. The van der Waals surface area contributed by atoms with E-state index in [1.165, 1.54) is 6.42 Å². The third-order valence-corrected chi connectivity index (χ3v) is 4.81. The number of nitrogens with zero attached hydrogens (tertiary/aromatic N) is 1. The summed E-state index contributed by atoms with van der Waals surface area (Å²) in [4.78, 5) is 2.18. The van der Waals surface area contributed by atoms with Crippen LogP contribution in [0.25, 0.3) is 0 Å². The van der Waals surface area contributed by atoms with Gasteiger partial charge in [-0.3, -0.25) is 0 Å². The van der Waals surface area contributed by atoms with Gasteiger partial charge in [-0.1, -0.05) is 19.3 Å². The predicted octanol–water partition coefficient (Wildman–Crippen LogP) is 3.00. The molecule has 1 aliphatic carbocycles. The van der Waals surface area contributed by atoms with Crippen LogP contribution in [-0.4, -0.2) is 43.9 Å². The Morgan fingerprint density at radius 2 is 1.52 bits per heavy atom. The first-order valence-corrected chi connectivity index (χ1v) is 7.62. The van der Waals surface area contributed by atoms with Crippen LogP contribution in [0.1, 0.15) is 43.8 Å². The number of likely N-dealkylation sites (N-methyl/N-ethyl adjacent to an activating group) is 1. The monoisotopic (exact) mass is 293 g/mol. The van der Waals surface area contributed by atoms with Gasteiger partial charge in [0.25, 0.3) is 0 Å². The summed E-state index contributed by atoms with van der Waals surface area (Å²) in [6.07, 6.45) is 5.06. The molecule has 21 heavy (non-hydrogen) atoms. The summed E-state index contributed by atoms with van der Waals surface area (Å²) in [5.41, 5.74) is 0.664. The third-order valence-electron chi connectivity index (χ3n) is 4.81. The van der Waals surface area contributed by atoms with Gasteiger partial charge in [0.05, 0.1) is 25.9 Å². The van der Waals surface area contributed by atoms with Crippen molar-refractivity contribution in [1.29, 1.82) is 0 Å². The molecule has 118 valence electrons. The Morgan fingerprint density at radius 1 is 1.00 bits per heavy atom. The molecule has 1 aliphatic rings. The second-order valence-electron chi connectivity index (χ2n) is 6.11. The molecule has 1 unspecified atom stereocenters. The van der Waals surface area contributed by atoms with Crippen LogP contribution in [-0.2, 0) is 0 Å². The van der Waals surface area contributed by atoms with Crippen molar-refractivity contribution in [2.75, 3.05) is 28.3 Å². The van der Waals surface area contributed by atoms with Gasteiger partial charge >= 0.3 is 0 Å². The van der Waals surface area contributed by atoms with Crippen LogP contribution in [0, 0.1) is 0 Å². The van der Waals surface area contributed by atoms with E-state index in [4.69, 9.17) is 9.47 Å². The second kappa shape index (κ2) is 6.67. The van der Waals surface area contributed by atoms with E-state index < -0.39 is 6.10 Å². The molecule has 4 heteroatoms. The number of ether oxygens (including phenoxy) is 2. The quantitative estimate of drug-likeness (QED) is 0.906. The van der Waals surface area contributed by atoms with Crippen molar-refractivity contribution in [3.05, 3.63) is 23.8 Å². The van der Waals surface area contributed by atoms with Crippen LogP contribution in [0.15, 0.2) is 18.2 Å². The lowest BCUT2D eigenvalue weighted by Crippen LogP contribution is -2.50. The molecule has 1 N–H and O–H groups in total. The van der Waals surface area contributed by atoms with Gasteiger partial charge in [0.1, 0.15) is 11.5 Å². The molecule has 0 amide bonds. The SMILES string of the molecule is COc1cc(OC)cc(C(O)C2(N(C)C)CCCCC2)c1. The maximum absolute atomic E-state index is 11.1. The summed E-state index contributed by atoms with van der Waals surface area (Å²) in [6, 6.07) is 5.65. The Labute approximate surface area is 127 Å². The number of aliphatic hydroxyl groups excluding tert-OH is 1. The van der Waals surface area contributed by atoms with Crippen LogP contribution in [0.2, 0.25) is 0 Å². The van der Waals surface area contributed by atoms with E-state index in [0.29, 0.717) is 11.5 Å². The minimum absolute atomic E-state index is 0.199. The average molecular weight is 293 g/mol. The molecule has 4 nitrogen and oxygen atoms in total. The molecule has 1 saturated carbocycles. The smallest absolute Gasteiger partial charge is 0.122 e. The van der Waals surface area contributed by atoms with E-state index >= 15 is 0 Å². The van der Waals surface area contributed by atoms with E-state index in [1.54, 1.807) is 14.2 Å². The number of aliphatic hydroxyl groups is 1. The highest BCUT2D eigenvalue weighted by atomic mass is 16.5. The predicted molar refractivity (Wildman–Crippen MR) is 84.0 cm³/mol. The molecule has 0 heterocycles. The maximum atomic E-state index is 11.1. The summed E-state index contributed by atoms with van der Waals surface area (Å²) < 4.78 is 10.6. The third kappa shape index (κ3) is 3.16. The average Bonchev–Trinajstić information content (AvgIpc) is 2.53. The van der Waals surface area contributed by atoms with Crippen molar-refractivity contribution in [2.45, 2.75) is 43.7 Å². The summed E-state index contributed by atoms with van der Waals surface area (Å²) >= 11 is 0. The fourth-order valence-corrected chi connectivity index (χ4v) is 3.43. The highest BCUT2D eigenvalue weighted by Gasteiger charge is 2.41. The molecule has 0 radical (unpaired) electrons. The molecule has 0 saturated heterocycles. The largest absolute Gasteiger partial charge is 0.497 e. The zero-order valence-electron chi connectivity index (χ0n) is 13.6. The van der Waals surface area contributed by atoms with Gasteiger partial charge < -0.3 is 19.5 Å². The standard InChI is InChI=1S/C17H27NO3/c1-18(2)17(8-6-5-7-9-17)16(19)13-10-14(20-3)12-15(11-13)21-4/h10-12,16,19H,5-9H2,1-4H3. The molecule has 0 aromatic heterocycles. The van der Waals surface area contributed by atoms with Gasteiger partial charge in [0.2, 0.25) is 0 Å². The number of hydrogen-bond donors (Lipinski definition) is 1. The number of benzene rings is 1. The maximum Gasteiger partial charge on any atom is 0.122 e. The molecular formula is C17H27NO3. The zero-order valence-corrected chi connectivity index (χ0v) is 13.6. The van der Waals surface area contributed by atoms with E-state index in [9.17, 15) is 5.11 Å². The molecule has 0 bridgehead atoms. The van der Waals surface area contributed by atoms with Crippen molar-refractivity contribution in [2.24, 2.45) is 0 Å². The molecule has 1 fully saturated rings. The normalized spacial score (nSPS) is 19.3. The minimum atomic E-state index is -0.545. The summed E-state index contributed by atoms with van der Waals surface area (Å²) in [7, 11) is 7.39. The first-order valence-electron chi connectivity index (χ1n) is 7.62. The van der Waals surface area contributed by atoms with Gasteiger partial charge in [-0.15, -0.1) is 0 Å². The van der Waals surface area contributed by atoms with Crippen molar-refractivity contribution in [1.82, 2.24) is 4.90 Å². The number of hydrogen-bond acceptors (Lipinski definition) is 4. The van der Waals surface area contributed by atoms with E-state index in [-0.39, 0.29) is 5.54 Å². The van der Waals surface area contributed by atoms with Crippen molar-refractivity contribution < 1.29 is 14.6 Å². The van der Waals surface area contributed by atoms with Crippen LogP contribution >= 0.6 is 0 Å². The Balaban J connectivity index is 2.38. The summed E-state index contributed by atoms with van der Waals surface area (Å²) in [5.74, 6) is 1.43. The van der Waals surface area contributed by atoms with Crippen LogP contribution in [0.4, 0.5) is 0 Å².